The highest BCUT2D eigenvalue weighted by molar-refractivity contribution is 5.76. The Balaban J connectivity index is 1.86. The van der Waals surface area contributed by atoms with Gasteiger partial charge in [0.05, 0.1) is 31.5 Å². The van der Waals surface area contributed by atoms with E-state index in [0.29, 0.717) is 0 Å². The number of carboxylic acids is 1. The maximum Gasteiger partial charge on any atom is 0.364 e. The van der Waals surface area contributed by atoms with Crippen molar-refractivity contribution in [2.75, 3.05) is 26.4 Å². The van der Waals surface area contributed by atoms with Crippen molar-refractivity contribution in [3.63, 3.8) is 0 Å². The maximum absolute atomic E-state index is 12.6. The minimum Gasteiger partial charge on any atom is -0.477 e. The van der Waals surface area contributed by atoms with E-state index in [1.54, 1.807) is 0 Å². The van der Waals surface area contributed by atoms with Gasteiger partial charge in [0.1, 0.15) is 61.0 Å². The highest BCUT2D eigenvalue weighted by Crippen LogP contribution is 2.36. The molecule has 23 heteroatoms. The highest BCUT2D eigenvalue weighted by Gasteiger charge is 2.57. The third-order valence-corrected chi connectivity index (χ3v) is 8.83. The largest absolute Gasteiger partial charge is 0.477 e. The molecule has 3 heterocycles. The summed E-state index contributed by atoms with van der Waals surface area (Å²) in [7, 11) is 0. The van der Waals surface area contributed by atoms with Gasteiger partial charge in [-0.3, -0.25) is 9.59 Å². The van der Waals surface area contributed by atoms with E-state index in [9.17, 15) is 60.3 Å². The minimum absolute atomic E-state index is 0.0253. The molecule has 0 aromatic carbocycles. The van der Waals surface area contributed by atoms with Crippen LogP contribution in [0.25, 0.3) is 10.4 Å². The zero-order valence-electron chi connectivity index (χ0n) is 28.7. The Labute approximate surface area is 296 Å². The number of azide groups is 1. The Kier molecular flexibility index (Phi) is 16.3. The van der Waals surface area contributed by atoms with Crippen LogP contribution in [-0.2, 0) is 42.8 Å². The van der Waals surface area contributed by atoms with E-state index in [-0.39, 0.29) is 26.0 Å². The molecule has 2 amide bonds. The monoisotopic (exact) mass is 755 g/mol. The zero-order chi connectivity index (χ0) is 38.9. The Bertz CT molecular complexity index is 1250. The molecule has 0 radical (unpaired) electrons. The van der Waals surface area contributed by atoms with Crippen molar-refractivity contribution in [3.05, 3.63) is 10.4 Å². The van der Waals surface area contributed by atoms with E-state index >= 15 is 0 Å². The number of aliphatic carboxylic acids is 1. The molecule has 3 aliphatic rings. The van der Waals surface area contributed by atoms with Gasteiger partial charge in [-0.05, 0) is 18.4 Å². The Morgan fingerprint density at radius 3 is 2.17 bits per heavy atom. The highest BCUT2D eigenvalue weighted by atomic mass is 16.8. The molecule has 16 atom stereocenters. The van der Waals surface area contributed by atoms with Crippen LogP contribution in [0.15, 0.2) is 5.11 Å². The van der Waals surface area contributed by atoms with Crippen LogP contribution in [0.1, 0.15) is 40.0 Å². The number of nitrogens with one attached hydrogen (secondary N) is 2. The van der Waals surface area contributed by atoms with Gasteiger partial charge in [-0.25, -0.2) is 4.79 Å². The van der Waals surface area contributed by atoms with Crippen molar-refractivity contribution >= 4 is 17.8 Å². The van der Waals surface area contributed by atoms with Crippen LogP contribution < -0.4 is 10.6 Å². The predicted octanol–water partition coefficient (Wildman–Crippen LogP) is -4.94. The van der Waals surface area contributed by atoms with Crippen LogP contribution in [0.2, 0.25) is 0 Å². The average molecular weight is 756 g/mol. The van der Waals surface area contributed by atoms with Gasteiger partial charge < -0.3 is 85.0 Å². The number of hydrogen-bond donors (Lipinski definition) is 11. The average Bonchev–Trinajstić information content (AvgIpc) is 3.09. The van der Waals surface area contributed by atoms with Gasteiger partial charge in [0.2, 0.25) is 11.8 Å². The number of rotatable bonds is 17. The first kappa shape index (κ1) is 43.6. The summed E-state index contributed by atoms with van der Waals surface area (Å²) in [6.07, 6.45) is -23.1. The van der Waals surface area contributed by atoms with Crippen LogP contribution >= 0.6 is 0 Å². The van der Waals surface area contributed by atoms with E-state index < -0.39 is 135 Å². The molecule has 0 aromatic rings. The minimum atomic E-state index is -2.78. The summed E-state index contributed by atoms with van der Waals surface area (Å²) in [5, 5.41) is 104. The van der Waals surface area contributed by atoms with E-state index in [1.165, 1.54) is 6.92 Å². The quantitative estimate of drug-likeness (QED) is 0.0287. The fourth-order valence-electron chi connectivity index (χ4n) is 6.09. The number of aliphatic hydroxyl groups is 8. The standard InChI is InChI=1S/C29H49N5O18/c1-4-13(38)19(40)25-17(32-11(2)36)14(39)8-29(52-25,28(45)46)48-10-16-20(41)22(43)23(44)27(50-16)51-24-18(33-12(3)37)26(47-7-5-6-31-34-30)49-15(9-35)21(24)42/h13-27,35,38-44H,4-10H2,1-3H3,(H,32,36)(H,33,37)(H,45,46)/t13-,14-,15?,16?,17-,18?,19-,20+,21-,22+,23?,24-,25?,26-,27+,29-/m1/s1. The number of carbonyl (C=O) groups is 3. The van der Waals surface area contributed by atoms with Crippen molar-refractivity contribution in [3.8, 4) is 0 Å². The zero-order valence-corrected chi connectivity index (χ0v) is 28.7. The van der Waals surface area contributed by atoms with Gasteiger partial charge >= 0.3 is 5.97 Å². The first-order valence-electron chi connectivity index (χ1n) is 16.6. The molecule has 3 aliphatic heterocycles. The van der Waals surface area contributed by atoms with Crippen LogP contribution in [0, 0.1) is 0 Å². The summed E-state index contributed by atoms with van der Waals surface area (Å²) in [6, 6.07) is -2.73. The van der Waals surface area contributed by atoms with Crippen molar-refractivity contribution in [1.82, 2.24) is 10.6 Å². The lowest BCUT2D eigenvalue weighted by Gasteiger charge is -2.48. The fourth-order valence-corrected chi connectivity index (χ4v) is 6.09. The summed E-state index contributed by atoms with van der Waals surface area (Å²) in [4.78, 5) is 39.2. The van der Waals surface area contributed by atoms with E-state index in [4.69, 9.17) is 34.0 Å². The molecule has 5 unspecified atom stereocenters. The van der Waals surface area contributed by atoms with Crippen LogP contribution in [-0.4, -0.2) is 188 Å². The summed E-state index contributed by atoms with van der Waals surface area (Å²) in [5.41, 5.74) is 8.48. The molecule has 0 spiro atoms. The number of carboxylic acid groups (broad SMARTS) is 1. The normalized spacial score (nSPS) is 39.1. The number of hydrogen-bond acceptors (Lipinski definition) is 18. The summed E-state index contributed by atoms with van der Waals surface area (Å²) in [5.74, 6) is -5.91. The van der Waals surface area contributed by atoms with Crippen molar-refractivity contribution in [1.29, 1.82) is 0 Å². The molecule has 0 aromatic heterocycles. The van der Waals surface area contributed by atoms with Crippen molar-refractivity contribution in [2.24, 2.45) is 5.11 Å². The lowest BCUT2D eigenvalue weighted by molar-refractivity contribution is -0.357. The van der Waals surface area contributed by atoms with E-state index in [1.807, 2.05) is 0 Å². The third-order valence-electron chi connectivity index (χ3n) is 8.83. The van der Waals surface area contributed by atoms with Gasteiger partial charge in [-0.1, -0.05) is 12.0 Å². The second kappa shape index (κ2) is 19.5. The van der Waals surface area contributed by atoms with Crippen LogP contribution in [0.3, 0.4) is 0 Å². The summed E-state index contributed by atoms with van der Waals surface area (Å²) < 4.78 is 34.0. The fraction of sp³-hybridized carbons (Fsp3) is 0.897. The number of amides is 2. The lowest BCUT2D eigenvalue weighted by atomic mass is 9.88. The third kappa shape index (κ3) is 10.4. The topological polar surface area (TPSA) is 361 Å². The summed E-state index contributed by atoms with van der Waals surface area (Å²) in [6.45, 7) is 2.02. The van der Waals surface area contributed by atoms with Crippen LogP contribution in [0.4, 0.5) is 0 Å². The molecule has 3 saturated heterocycles. The smallest absolute Gasteiger partial charge is 0.364 e. The number of ether oxygens (including phenoxy) is 6. The molecule has 0 aliphatic carbocycles. The molecular weight excluding hydrogens is 706 g/mol. The predicted molar refractivity (Wildman–Crippen MR) is 167 cm³/mol. The Morgan fingerprint density at radius 2 is 1.60 bits per heavy atom. The number of aliphatic hydroxyl groups excluding tert-OH is 8. The first-order chi connectivity index (χ1) is 24.5. The molecule has 23 nitrogen and oxygen atoms in total. The number of nitrogens with zero attached hydrogens (tertiary/aromatic N) is 3. The van der Waals surface area contributed by atoms with E-state index in [0.717, 1.165) is 13.8 Å². The van der Waals surface area contributed by atoms with Crippen molar-refractivity contribution in [2.45, 2.75) is 138 Å². The molecule has 3 fully saturated rings. The van der Waals surface area contributed by atoms with Gasteiger partial charge in [-0.2, -0.15) is 0 Å². The molecule has 298 valence electrons. The van der Waals surface area contributed by atoms with Gasteiger partial charge in [0, 0.05) is 38.3 Å². The van der Waals surface area contributed by atoms with Crippen molar-refractivity contribution < 1.29 is 88.8 Å². The Morgan fingerprint density at radius 1 is 0.962 bits per heavy atom. The molecule has 11 N–H and O–H groups in total. The number of carbonyl (C=O) groups excluding carboxylic acids is 2. The molecule has 0 bridgehead atoms. The van der Waals surface area contributed by atoms with Crippen LogP contribution in [0.5, 0.6) is 0 Å². The second-order valence-electron chi connectivity index (χ2n) is 12.7. The Hall–Kier alpha value is -2.84. The molecule has 52 heavy (non-hydrogen) atoms. The summed E-state index contributed by atoms with van der Waals surface area (Å²) >= 11 is 0. The lowest BCUT2D eigenvalue weighted by Crippen LogP contribution is -2.69. The second-order valence-corrected chi connectivity index (χ2v) is 12.7. The molecule has 0 saturated carbocycles. The van der Waals surface area contributed by atoms with Gasteiger partial charge in [-0.15, -0.1) is 0 Å². The SMILES string of the molecule is CC[C@@H](O)[C@@H](O)C1O[C@@](OCC2O[C@@H](O[C@@H]3C(NC(C)=O)[C@H](OCCCN=[N+]=[N-])OC(CO)[C@H]3O)C(O)[C@@H](O)[C@H]2O)(C(=O)O)C[C@@H](O)[C@H]1NC(C)=O. The van der Waals surface area contributed by atoms with Gasteiger partial charge in [0.15, 0.2) is 12.6 Å². The van der Waals surface area contributed by atoms with E-state index in [2.05, 4.69) is 20.7 Å². The van der Waals surface area contributed by atoms with Gasteiger partial charge in [0.25, 0.3) is 5.79 Å². The maximum atomic E-state index is 12.6. The molecule has 3 rings (SSSR count). The first-order valence-corrected chi connectivity index (χ1v) is 16.6. The molecular formula is C29H49N5O18.